The van der Waals surface area contributed by atoms with Gasteiger partial charge in [-0.15, -0.1) is 0 Å². The van der Waals surface area contributed by atoms with E-state index in [0.29, 0.717) is 12.1 Å². The highest BCUT2D eigenvalue weighted by Gasteiger charge is 2.29. The van der Waals surface area contributed by atoms with Crippen molar-refractivity contribution in [3.8, 4) is 0 Å². The van der Waals surface area contributed by atoms with Crippen LogP contribution in [0.4, 0.5) is 0 Å². The zero-order valence-corrected chi connectivity index (χ0v) is 11.3. The molecule has 1 aliphatic heterocycles. The number of hydrogen-bond donors (Lipinski definition) is 1. The SMILES string of the molecule is CC1CN(C)CC(CCO)N1Cc1ccncc1. The Morgan fingerprint density at radius 3 is 2.72 bits per heavy atom. The van der Waals surface area contributed by atoms with Crippen molar-refractivity contribution in [1.29, 1.82) is 0 Å². The van der Waals surface area contributed by atoms with Gasteiger partial charge in [-0.2, -0.15) is 0 Å². The summed E-state index contributed by atoms with van der Waals surface area (Å²) < 4.78 is 0. The van der Waals surface area contributed by atoms with E-state index in [2.05, 4.69) is 40.9 Å². The molecular weight excluding hydrogens is 226 g/mol. The number of hydrogen-bond acceptors (Lipinski definition) is 4. The first-order valence-corrected chi connectivity index (χ1v) is 6.64. The predicted octanol–water partition coefficient (Wildman–Crippen LogP) is 0.968. The average molecular weight is 249 g/mol. The van der Waals surface area contributed by atoms with Gasteiger partial charge in [0.15, 0.2) is 0 Å². The molecule has 0 aromatic carbocycles. The maximum absolute atomic E-state index is 9.22. The van der Waals surface area contributed by atoms with Crippen LogP contribution in [0.15, 0.2) is 24.5 Å². The third kappa shape index (κ3) is 3.28. The molecule has 4 heteroatoms. The quantitative estimate of drug-likeness (QED) is 0.863. The van der Waals surface area contributed by atoms with E-state index < -0.39 is 0 Å². The number of aliphatic hydroxyl groups excluding tert-OH is 1. The van der Waals surface area contributed by atoms with Crippen LogP contribution in [-0.2, 0) is 6.54 Å². The van der Waals surface area contributed by atoms with Gasteiger partial charge in [-0.1, -0.05) is 0 Å². The van der Waals surface area contributed by atoms with Gasteiger partial charge < -0.3 is 10.0 Å². The highest BCUT2D eigenvalue weighted by molar-refractivity contribution is 5.10. The minimum absolute atomic E-state index is 0.262. The van der Waals surface area contributed by atoms with Gasteiger partial charge in [0.05, 0.1) is 0 Å². The van der Waals surface area contributed by atoms with Crippen LogP contribution >= 0.6 is 0 Å². The van der Waals surface area contributed by atoms with Gasteiger partial charge in [0, 0.05) is 50.7 Å². The monoisotopic (exact) mass is 249 g/mol. The van der Waals surface area contributed by atoms with Gasteiger partial charge in [0.25, 0.3) is 0 Å². The van der Waals surface area contributed by atoms with Crippen molar-refractivity contribution in [2.75, 3.05) is 26.7 Å². The lowest BCUT2D eigenvalue weighted by atomic mass is 10.0. The van der Waals surface area contributed by atoms with Gasteiger partial charge in [-0.3, -0.25) is 9.88 Å². The summed E-state index contributed by atoms with van der Waals surface area (Å²) in [5, 5.41) is 9.22. The standard InChI is InChI=1S/C14H23N3O/c1-12-9-16(2)11-14(5-8-18)17(12)10-13-3-6-15-7-4-13/h3-4,6-7,12,14,18H,5,8-11H2,1-2H3. The summed E-state index contributed by atoms with van der Waals surface area (Å²) in [6, 6.07) is 5.10. The first kappa shape index (κ1) is 13.5. The minimum atomic E-state index is 0.262. The van der Waals surface area contributed by atoms with Crippen LogP contribution in [0.1, 0.15) is 18.9 Å². The molecule has 2 heterocycles. The Morgan fingerprint density at radius 1 is 1.33 bits per heavy atom. The highest BCUT2D eigenvalue weighted by atomic mass is 16.3. The van der Waals surface area contributed by atoms with Crippen LogP contribution in [0.5, 0.6) is 0 Å². The van der Waals surface area contributed by atoms with E-state index in [4.69, 9.17) is 0 Å². The van der Waals surface area contributed by atoms with E-state index in [0.717, 1.165) is 26.1 Å². The van der Waals surface area contributed by atoms with Crippen molar-refractivity contribution in [3.05, 3.63) is 30.1 Å². The van der Waals surface area contributed by atoms with E-state index >= 15 is 0 Å². The lowest BCUT2D eigenvalue weighted by Crippen LogP contribution is -2.56. The van der Waals surface area contributed by atoms with Gasteiger partial charge in [0.2, 0.25) is 0 Å². The topological polar surface area (TPSA) is 39.6 Å². The number of pyridine rings is 1. The molecule has 2 rings (SSSR count). The molecule has 0 spiro atoms. The second-order valence-corrected chi connectivity index (χ2v) is 5.26. The van der Waals surface area contributed by atoms with Crippen molar-refractivity contribution < 1.29 is 5.11 Å². The summed E-state index contributed by atoms with van der Waals surface area (Å²) in [7, 11) is 2.16. The first-order chi connectivity index (χ1) is 8.70. The molecule has 4 nitrogen and oxygen atoms in total. The Balaban J connectivity index is 2.07. The molecule has 0 radical (unpaired) electrons. The molecule has 18 heavy (non-hydrogen) atoms. The normalized spacial score (nSPS) is 26.4. The van der Waals surface area contributed by atoms with Crippen LogP contribution in [0.3, 0.4) is 0 Å². The number of aliphatic hydroxyl groups is 1. The van der Waals surface area contributed by atoms with E-state index in [1.54, 1.807) is 0 Å². The molecule has 0 saturated carbocycles. The van der Waals surface area contributed by atoms with Gasteiger partial charge in [-0.25, -0.2) is 0 Å². The molecular formula is C14H23N3O. The Morgan fingerprint density at radius 2 is 2.06 bits per heavy atom. The fraction of sp³-hybridized carbons (Fsp3) is 0.643. The second-order valence-electron chi connectivity index (χ2n) is 5.26. The number of likely N-dealkylation sites (N-methyl/N-ethyl adjacent to an activating group) is 1. The fourth-order valence-corrected chi connectivity index (χ4v) is 2.85. The van der Waals surface area contributed by atoms with Crippen LogP contribution < -0.4 is 0 Å². The van der Waals surface area contributed by atoms with Gasteiger partial charge in [0.1, 0.15) is 0 Å². The van der Waals surface area contributed by atoms with E-state index in [9.17, 15) is 5.11 Å². The van der Waals surface area contributed by atoms with Crippen LogP contribution in [-0.4, -0.2) is 58.7 Å². The fourth-order valence-electron chi connectivity index (χ4n) is 2.85. The summed E-state index contributed by atoms with van der Waals surface area (Å²) >= 11 is 0. The van der Waals surface area contributed by atoms with E-state index in [1.807, 2.05) is 12.4 Å². The van der Waals surface area contributed by atoms with Gasteiger partial charge in [-0.05, 0) is 38.1 Å². The Hall–Kier alpha value is -0.970. The summed E-state index contributed by atoms with van der Waals surface area (Å²) in [4.78, 5) is 8.92. The third-order valence-corrected chi connectivity index (χ3v) is 3.71. The molecule has 1 aliphatic rings. The Labute approximate surface area is 109 Å². The molecule has 1 N–H and O–H groups in total. The Bertz CT molecular complexity index is 357. The number of nitrogens with zero attached hydrogens (tertiary/aromatic N) is 3. The smallest absolute Gasteiger partial charge is 0.0446 e. The molecule has 1 fully saturated rings. The number of aromatic nitrogens is 1. The minimum Gasteiger partial charge on any atom is -0.396 e. The van der Waals surface area contributed by atoms with Crippen molar-refractivity contribution in [1.82, 2.24) is 14.8 Å². The summed E-state index contributed by atoms with van der Waals surface area (Å²) in [5.41, 5.74) is 1.30. The average Bonchev–Trinajstić information content (AvgIpc) is 2.35. The van der Waals surface area contributed by atoms with Gasteiger partial charge >= 0.3 is 0 Å². The Kier molecular flexibility index (Phi) is 4.69. The maximum atomic E-state index is 9.22. The molecule has 0 aliphatic carbocycles. The molecule has 2 atom stereocenters. The predicted molar refractivity (Wildman–Crippen MR) is 72.2 cm³/mol. The molecule has 0 bridgehead atoms. The van der Waals surface area contributed by atoms with Crippen LogP contribution in [0, 0.1) is 0 Å². The maximum Gasteiger partial charge on any atom is 0.0446 e. The summed E-state index contributed by atoms with van der Waals surface area (Å²) in [5.74, 6) is 0. The second kappa shape index (κ2) is 6.27. The van der Waals surface area contributed by atoms with Crippen molar-refractivity contribution in [3.63, 3.8) is 0 Å². The molecule has 0 amide bonds. The van der Waals surface area contributed by atoms with Crippen molar-refractivity contribution in [2.45, 2.75) is 32.0 Å². The van der Waals surface area contributed by atoms with E-state index in [1.165, 1.54) is 5.56 Å². The number of rotatable bonds is 4. The van der Waals surface area contributed by atoms with Crippen molar-refractivity contribution >= 4 is 0 Å². The molecule has 1 aromatic heterocycles. The van der Waals surface area contributed by atoms with Crippen LogP contribution in [0.2, 0.25) is 0 Å². The molecule has 1 aromatic rings. The zero-order valence-electron chi connectivity index (χ0n) is 11.3. The first-order valence-electron chi connectivity index (χ1n) is 6.64. The number of piperazine rings is 1. The zero-order chi connectivity index (χ0) is 13.0. The highest BCUT2D eigenvalue weighted by Crippen LogP contribution is 2.20. The van der Waals surface area contributed by atoms with E-state index in [-0.39, 0.29) is 6.61 Å². The lowest BCUT2D eigenvalue weighted by molar-refractivity contribution is 0.0249. The third-order valence-electron chi connectivity index (χ3n) is 3.71. The largest absolute Gasteiger partial charge is 0.396 e. The molecule has 100 valence electrons. The molecule has 1 saturated heterocycles. The van der Waals surface area contributed by atoms with Crippen molar-refractivity contribution in [2.24, 2.45) is 0 Å². The summed E-state index contributed by atoms with van der Waals surface area (Å²) in [6.07, 6.45) is 4.54. The lowest BCUT2D eigenvalue weighted by Gasteiger charge is -2.44. The molecule has 2 unspecified atom stereocenters. The van der Waals surface area contributed by atoms with Crippen LogP contribution in [0.25, 0.3) is 0 Å². The summed E-state index contributed by atoms with van der Waals surface area (Å²) in [6.45, 7) is 5.60.